The molecular formula is C19H21FN4O2. The second-order valence-electron chi connectivity index (χ2n) is 6.35. The van der Waals surface area contributed by atoms with Crippen LogP contribution in [0.2, 0.25) is 0 Å². The Kier molecular flexibility index (Phi) is 5.58. The summed E-state index contributed by atoms with van der Waals surface area (Å²) in [6, 6.07) is 11.6. The average molecular weight is 356 g/mol. The summed E-state index contributed by atoms with van der Waals surface area (Å²) in [6.45, 7) is 0.678. The van der Waals surface area contributed by atoms with Crippen molar-refractivity contribution in [2.75, 3.05) is 0 Å². The molecule has 7 heteroatoms. The molecule has 2 atom stereocenters. The van der Waals surface area contributed by atoms with E-state index in [1.807, 2.05) is 35.2 Å². The van der Waals surface area contributed by atoms with Crippen LogP contribution in [0.25, 0.3) is 0 Å². The van der Waals surface area contributed by atoms with Crippen LogP contribution in [0.3, 0.4) is 0 Å². The Morgan fingerprint density at radius 2 is 1.88 bits per heavy atom. The van der Waals surface area contributed by atoms with Gasteiger partial charge in [0.2, 0.25) is 11.8 Å². The van der Waals surface area contributed by atoms with Gasteiger partial charge in [-0.15, -0.1) is 0 Å². The van der Waals surface area contributed by atoms with Gasteiger partial charge in [-0.1, -0.05) is 30.3 Å². The van der Waals surface area contributed by atoms with E-state index >= 15 is 0 Å². The normalized spacial score (nSPS) is 20.0. The molecule has 1 saturated heterocycles. The summed E-state index contributed by atoms with van der Waals surface area (Å²) in [5.41, 5.74) is 7.11. The Morgan fingerprint density at radius 3 is 2.54 bits per heavy atom. The lowest BCUT2D eigenvalue weighted by atomic mass is 10.1. The molecule has 2 heterocycles. The van der Waals surface area contributed by atoms with Crippen molar-refractivity contribution in [2.24, 2.45) is 5.73 Å². The molecule has 1 aromatic heterocycles. The minimum atomic E-state index is -0.463. The molecule has 0 bridgehead atoms. The highest BCUT2D eigenvalue weighted by molar-refractivity contribution is 5.86. The summed E-state index contributed by atoms with van der Waals surface area (Å²) in [7, 11) is 0. The van der Waals surface area contributed by atoms with Gasteiger partial charge in [0.25, 0.3) is 0 Å². The summed E-state index contributed by atoms with van der Waals surface area (Å²) in [5.74, 6) is -1.03. The number of primary amides is 1. The topological polar surface area (TPSA) is 88.3 Å². The van der Waals surface area contributed by atoms with Crippen LogP contribution in [0.15, 0.2) is 48.7 Å². The number of amides is 2. The van der Waals surface area contributed by atoms with Crippen molar-refractivity contribution >= 4 is 11.8 Å². The quantitative estimate of drug-likeness (QED) is 0.818. The van der Waals surface area contributed by atoms with Crippen molar-refractivity contribution in [1.82, 2.24) is 15.2 Å². The van der Waals surface area contributed by atoms with Gasteiger partial charge in [0.1, 0.15) is 5.82 Å². The summed E-state index contributed by atoms with van der Waals surface area (Å²) < 4.78 is 12.9. The highest BCUT2D eigenvalue weighted by Crippen LogP contribution is 2.26. The van der Waals surface area contributed by atoms with Gasteiger partial charge in [0.05, 0.1) is 30.5 Å². The molecule has 3 N–H and O–H groups in total. The fourth-order valence-electron chi connectivity index (χ4n) is 3.27. The Balaban J connectivity index is 1.68. The maximum Gasteiger partial charge on any atom is 0.237 e. The molecule has 0 spiro atoms. The van der Waals surface area contributed by atoms with Crippen LogP contribution in [0, 0.1) is 5.82 Å². The smallest absolute Gasteiger partial charge is 0.237 e. The van der Waals surface area contributed by atoms with Crippen molar-refractivity contribution in [3.8, 4) is 0 Å². The Morgan fingerprint density at radius 1 is 1.15 bits per heavy atom. The largest absolute Gasteiger partial charge is 0.368 e. The number of hydrogen-bond acceptors (Lipinski definition) is 4. The third kappa shape index (κ3) is 4.23. The van der Waals surface area contributed by atoms with Crippen LogP contribution in [0.1, 0.15) is 24.1 Å². The first kappa shape index (κ1) is 18.0. The van der Waals surface area contributed by atoms with E-state index in [0.29, 0.717) is 25.1 Å². The van der Waals surface area contributed by atoms with Gasteiger partial charge in [0.15, 0.2) is 0 Å². The fraction of sp³-hybridized carbons (Fsp3) is 0.316. The van der Waals surface area contributed by atoms with Crippen LogP contribution >= 0.6 is 0 Å². The van der Waals surface area contributed by atoms with Crippen LogP contribution in [-0.4, -0.2) is 33.8 Å². The van der Waals surface area contributed by atoms with E-state index in [1.54, 1.807) is 0 Å². The number of carbonyl (C=O) groups excluding carboxylic acids is 2. The zero-order valence-corrected chi connectivity index (χ0v) is 14.3. The molecule has 26 heavy (non-hydrogen) atoms. The number of rotatable bonds is 6. The molecule has 6 nitrogen and oxygen atoms in total. The van der Waals surface area contributed by atoms with Gasteiger partial charge < -0.3 is 11.1 Å². The number of pyridine rings is 1. The molecule has 136 valence electrons. The lowest BCUT2D eigenvalue weighted by molar-refractivity contribution is -0.128. The van der Waals surface area contributed by atoms with Crippen LogP contribution in [0.5, 0.6) is 0 Å². The van der Waals surface area contributed by atoms with Crippen LogP contribution in [0.4, 0.5) is 4.39 Å². The minimum absolute atomic E-state index is 0.184. The second-order valence-corrected chi connectivity index (χ2v) is 6.35. The van der Waals surface area contributed by atoms with Crippen molar-refractivity contribution in [3.05, 3.63) is 65.7 Å². The third-order valence-corrected chi connectivity index (χ3v) is 4.59. The van der Waals surface area contributed by atoms with E-state index in [9.17, 15) is 14.0 Å². The molecule has 0 saturated carbocycles. The SMILES string of the molecule is NC(=O)[C@@H]1CC[C@H](C(=O)NCc2ccc(F)cn2)N1Cc1ccccc1. The van der Waals surface area contributed by atoms with Gasteiger partial charge in [0, 0.05) is 6.54 Å². The van der Waals surface area contributed by atoms with Gasteiger partial charge in [-0.3, -0.25) is 19.5 Å². The first-order chi connectivity index (χ1) is 12.5. The number of aromatic nitrogens is 1. The van der Waals surface area contributed by atoms with E-state index in [-0.39, 0.29) is 12.5 Å². The van der Waals surface area contributed by atoms with Crippen molar-refractivity contribution in [2.45, 2.75) is 38.0 Å². The maximum atomic E-state index is 12.9. The highest BCUT2D eigenvalue weighted by Gasteiger charge is 2.40. The first-order valence-electron chi connectivity index (χ1n) is 8.51. The number of nitrogens with one attached hydrogen (secondary N) is 1. The van der Waals surface area contributed by atoms with Gasteiger partial charge >= 0.3 is 0 Å². The molecule has 1 aromatic carbocycles. The lowest BCUT2D eigenvalue weighted by Gasteiger charge is -2.28. The zero-order valence-electron chi connectivity index (χ0n) is 14.3. The molecule has 0 aliphatic carbocycles. The van der Waals surface area contributed by atoms with Gasteiger partial charge in [-0.05, 0) is 30.5 Å². The molecule has 0 unspecified atom stereocenters. The summed E-state index contributed by atoms with van der Waals surface area (Å²) in [6.07, 6.45) is 2.22. The number of halogens is 1. The molecule has 3 rings (SSSR count). The second kappa shape index (κ2) is 8.05. The predicted molar refractivity (Wildman–Crippen MR) is 94.0 cm³/mol. The molecule has 1 aliphatic rings. The minimum Gasteiger partial charge on any atom is -0.368 e. The molecule has 0 radical (unpaired) electrons. The molecule has 1 fully saturated rings. The number of carbonyl (C=O) groups is 2. The first-order valence-corrected chi connectivity index (χ1v) is 8.51. The van der Waals surface area contributed by atoms with Crippen molar-refractivity contribution in [1.29, 1.82) is 0 Å². The fourth-order valence-corrected chi connectivity index (χ4v) is 3.27. The monoisotopic (exact) mass is 356 g/mol. The number of benzene rings is 1. The Labute approximate surface area is 151 Å². The average Bonchev–Trinajstić information content (AvgIpc) is 3.06. The molecule has 2 amide bonds. The highest BCUT2D eigenvalue weighted by atomic mass is 19.1. The summed E-state index contributed by atoms with van der Waals surface area (Å²) in [5, 5.41) is 2.82. The molecule has 2 aromatic rings. The zero-order chi connectivity index (χ0) is 18.5. The molecular weight excluding hydrogens is 335 g/mol. The van der Waals surface area contributed by atoms with Crippen molar-refractivity contribution < 1.29 is 14.0 Å². The number of likely N-dealkylation sites (tertiary alicyclic amines) is 1. The van der Waals surface area contributed by atoms with E-state index < -0.39 is 23.8 Å². The van der Waals surface area contributed by atoms with E-state index in [4.69, 9.17) is 5.73 Å². The van der Waals surface area contributed by atoms with Crippen LogP contribution in [-0.2, 0) is 22.7 Å². The number of hydrogen-bond donors (Lipinski definition) is 2. The maximum absolute atomic E-state index is 12.9. The van der Waals surface area contributed by atoms with Gasteiger partial charge in [-0.2, -0.15) is 0 Å². The molecule has 1 aliphatic heterocycles. The number of nitrogens with two attached hydrogens (primary N) is 1. The third-order valence-electron chi connectivity index (χ3n) is 4.59. The Hall–Kier alpha value is -2.80. The van der Waals surface area contributed by atoms with E-state index in [1.165, 1.54) is 12.1 Å². The summed E-state index contributed by atoms with van der Waals surface area (Å²) in [4.78, 5) is 30.2. The summed E-state index contributed by atoms with van der Waals surface area (Å²) >= 11 is 0. The number of nitrogens with zero attached hydrogens (tertiary/aromatic N) is 2. The predicted octanol–water partition coefficient (Wildman–Crippen LogP) is 1.36. The van der Waals surface area contributed by atoms with E-state index in [0.717, 1.165) is 11.8 Å². The van der Waals surface area contributed by atoms with Crippen molar-refractivity contribution in [3.63, 3.8) is 0 Å². The van der Waals surface area contributed by atoms with Gasteiger partial charge in [-0.25, -0.2) is 4.39 Å². The lowest BCUT2D eigenvalue weighted by Crippen LogP contribution is -2.49. The Bertz CT molecular complexity index is 767. The van der Waals surface area contributed by atoms with Crippen LogP contribution < -0.4 is 11.1 Å². The van der Waals surface area contributed by atoms with E-state index in [2.05, 4.69) is 10.3 Å². The standard InChI is InChI=1S/C19H21FN4O2/c20-14-6-7-15(22-10-14)11-23-19(26)17-9-8-16(18(21)25)24(17)12-13-4-2-1-3-5-13/h1-7,10,16-17H,8-9,11-12H2,(H2,21,25)(H,23,26)/t16-,17+/m0/s1.